The molecule has 4 nitrogen and oxygen atoms in total. The molecule has 2 aliphatic rings. The molecule has 0 bridgehead atoms. The Bertz CT molecular complexity index is 221. The van der Waals surface area contributed by atoms with Crippen LogP contribution in [0.15, 0.2) is 0 Å². The first-order valence-corrected chi connectivity index (χ1v) is 6.37. The molecule has 1 saturated heterocycles. The number of hydrogen-bond donors (Lipinski definition) is 2. The number of aliphatic hydroxyl groups is 1. The fourth-order valence-electron chi connectivity index (χ4n) is 2.71. The first-order valence-electron chi connectivity index (χ1n) is 6.37. The molecule has 16 heavy (non-hydrogen) atoms. The molecule has 1 aliphatic heterocycles. The number of nitrogens with one attached hydrogen (secondary N) is 1. The summed E-state index contributed by atoms with van der Waals surface area (Å²) in [7, 11) is 1.74. The van der Waals surface area contributed by atoms with Crippen LogP contribution in [0.3, 0.4) is 0 Å². The van der Waals surface area contributed by atoms with Crippen LogP contribution >= 0.6 is 0 Å². The summed E-state index contributed by atoms with van der Waals surface area (Å²) in [6.07, 6.45) is 2.47. The molecule has 3 atom stereocenters. The molecule has 0 aromatic carbocycles. The van der Waals surface area contributed by atoms with Gasteiger partial charge in [0.25, 0.3) is 0 Å². The van der Waals surface area contributed by atoms with Crippen molar-refractivity contribution < 1.29 is 9.84 Å². The summed E-state index contributed by atoms with van der Waals surface area (Å²) in [5.74, 6) is 0.838. The topological polar surface area (TPSA) is 44.7 Å². The molecule has 2 fully saturated rings. The van der Waals surface area contributed by atoms with E-state index in [1.807, 2.05) is 0 Å². The third-order valence-electron chi connectivity index (χ3n) is 3.96. The summed E-state index contributed by atoms with van der Waals surface area (Å²) < 4.78 is 5.17. The molecule has 2 rings (SSSR count). The Kier molecular flexibility index (Phi) is 4.19. The maximum absolute atomic E-state index is 9.96. The van der Waals surface area contributed by atoms with Gasteiger partial charge in [-0.05, 0) is 25.7 Å². The van der Waals surface area contributed by atoms with Gasteiger partial charge < -0.3 is 15.2 Å². The Morgan fingerprint density at radius 3 is 2.69 bits per heavy atom. The molecular formula is C12H24N2O2. The summed E-state index contributed by atoms with van der Waals surface area (Å²) in [6.45, 7) is 5.60. The predicted molar refractivity (Wildman–Crippen MR) is 63.4 cm³/mol. The summed E-state index contributed by atoms with van der Waals surface area (Å²) in [5.41, 5.74) is 0. The van der Waals surface area contributed by atoms with Gasteiger partial charge in [0.15, 0.2) is 0 Å². The molecule has 3 unspecified atom stereocenters. The molecule has 0 amide bonds. The lowest BCUT2D eigenvalue weighted by molar-refractivity contribution is 0.0329. The Labute approximate surface area is 98.0 Å². The Morgan fingerprint density at radius 1 is 1.44 bits per heavy atom. The average Bonchev–Trinajstić information content (AvgIpc) is 3.04. The van der Waals surface area contributed by atoms with Gasteiger partial charge in [-0.2, -0.15) is 0 Å². The van der Waals surface area contributed by atoms with E-state index in [2.05, 4.69) is 17.1 Å². The van der Waals surface area contributed by atoms with Crippen LogP contribution in [-0.2, 0) is 4.74 Å². The SMILES string of the molecule is COCCN(C(C)C1CC1)C1CNCC1O. The largest absolute Gasteiger partial charge is 0.390 e. The third kappa shape index (κ3) is 2.74. The lowest BCUT2D eigenvalue weighted by Gasteiger charge is -2.35. The van der Waals surface area contributed by atoms with E-state index in [0.29, 0.717) is 6.04 Å². The van der Waals surface area contributed by atoms with Crippen molar-refractivity contribution in [2.24, 2.45) is 5.92 Å². The van der Waals surface area contributed by atoms with Gasteiger partial charge in [-0.3, -0.25) is 4.90 Å². The van der Waals surface area contributed by atoms with E-state index < -0.39 is 0 Å². The highest BCUT2D eigenvalue weighted by Gasteiger charge is 2.38. The van der Waals surface area contributed by atoms with E-state index in [-0.39, 0.29) is 12.1 Å². The number of β-amino-alcohol motifs (C(OH)–C–C–N with tert-alkyl or cyclic N) is 1. The Morgan fingerprint density at radius 2 is 2.19 bits per heavy atom. The number of ether oxygens (including phenoxy) is 1. The number of aliphatic hydroxyl groups excluding tert-OH is 1. The molecule has 94 valence electrons. The van der Waals surface area contributed by atoms with Crippen LogP contribution in [0.25, 0.3) is 0 Å². The molecule has 0 radical (unpaired) electrons. The van der Waals surface area contributed by atoms with Gasteiger partial charge in [-0.15, -0.1) is 0 Å². The summed E-state index contributed by atoms with van der Waals surface area (Å²) in [5, 5.41) is 13.2. The second-order valence-corrected chi connectivity index (χ2v) is 5.10. The predicted octanol–water partition coefficient (Wildman–Crippen LogP) is 0.0660. The van der Waals surface area contributed by atoms with E-state index in [0.717, 1.165) is 32.2 Å². The third-order valence-corrected chi connectivity index (χ3v) is 3.96. The maximum Gasteiger partial charge on any atom is 0.0831 e. The minimum absolute atomic E-state index is 0.224. The first kappa shape index (κ1) is 12.3. The molecule has 4 heteroatoms. The first-order chi connectivity index (χ1) is 7.74. The zero-order chi connectivity index (χ0) is 11.5. The van der Waals surface area contributed by atoms with Crippen LogP contribution in [0.4, 0.5) is 0 Å². The number of hydrogen-bond acceptors (Lipinski definition) is 4. The smallest absolute Gasteiger partial charge is 0.0831 e. The molecule has 1 saturated carbocycles. The fourth-order valence-corrected chi connectivity index (χ4v) is 2.71. The molecule has 0 spiro atoms. The summed E-state index contributed by atoms with van der Waals surface area (Å²) >= 11 is 0. The van der Waals surface area contributed by atoms with Crippen LogP contribution < -0.4 is 5.32 Å². The molecule has 2 N–H and O–H groups in total. The van der Waals surface area contributed by atoms with Gasteiger partial charge >= 0.3 is 0 Å². The van der Waals surface area contributed by atoms with Crippen LogP contribution in [0.5, 0.6) is 0 Å². The highest BCUT2D eigenvalue weighted by Crippen LogP contribution is 2.36. The zero-order valence-electron chi connectivity index (χ0n) is 10.4. The van der Waals surface area contributed by atoms with Crippen molar-refractivity contribution in [3.8, 4) is 0 Å². The van der Waals surface area contributed by atoms with E-state index in [1.165, 1.54) is 12.8 Å². The van der Waals surface area contributed by atoms with Gasteiger partial charge in [-0.25, -0.2) is 0 Å². The zero-order valence-corrected chi connectivity index (χ0v) is 10.4. The van der Waals surface area contributed by atoms with Gasteiger partial charge in [0, 0.05) is 38.8 Å². The highest BCUT2D eigenvalue weighted by molar-refractivity contribution is 4.94. The van der Waals surface area contributed by atoms with E-state index >= 15 is 0 Å². The fraction of sp³-hybridized carbons (Fsp3) is 1.00. The minimum Gasteiger partial charge on any atom is -0.390 e. The Hall–Kier alpha value is -0.160. The van der Waals surface area contributed by atoms with Crippen LogP contribution in [0.2, 0.25) is 0 Å². The van der Waals surface area contributed by atoms with E-state index in [4.69, 9.17) is 4.74 Å². The number of methoxy groups -OCH3 is 1. The molecule has 0 aromatic rings. The monoisotopic (exact) mass is 228 g/mol. The quantitative estimate of drug-likeness (QED) is 0.675. The summed E-state index contributed by atoms with van der Waals surface area (Å²) in [4.78, 5) is 2.44. The van der Waals surface area contributed by atoms with Crippen molar-refractivity contribution >= 4 is 0 Å². The van der Waals surface area contributed by atoms with Gasteiger partial charge in [-0.1, -0.05) is 0 Å². The lowest BCUT2D eigenvalue weighted by Crippen LogP contribution is -2.50. The van der Waals surface area contributed by atoms with Crippen molar-refractivity contribution in [2.75, 3.05) is 33.4 Å². The van der Waals surface area contributed by atoms with Crippen LogP contribution in [-0.4, -0.2) is 61.5 Å². The van der Waals surface area contributed by atoms with Crippen molar-refractivity contribution in [3.63, 3.8) is 0 Å². The Balaban J connectivity index is 1.94. The van der Waals surface area contributed by atoms with Crippen molar-refractivity contribution in [2.45, 2.75) is 38.0 Å². The average molecular weight is 228 g/mol. The maximum atomic E-state index is 9.96. The second kappa shape index (κ2) is 5.45. The van der Waals surface area contributed by atoms with Crippen molar-refractivity contribution in [1.29, 1.82) is 0 Å². The van der Waals surface area contributed by atoms with Crippen molar-refractivity contribution in [1.82, 2.24) is 10.2 Å². The van der Waals surface area contributed by atoms with Gasteiger partial charge in [0.2, 0.25) is 0 Å². The van der Waals surface area contributed by atoms with E-state index in [9.17, 15) is 5.11 Å². The number of nitrogens with zero attached hydrogens (tertiary/aromatic N) is 1. The van der Waals surface area contributed by atoms with Crippen molar-refractivity contribution in [3.05, 3.63) is 0 Å². The van der Waals surface area contributed by atoms with Crippen LogP contribution in [0, 0.1) is 5.92 Å². The number of rotatable bonds is 6. The normalized spacial score (nSPS) is 32.2. The van der Waals surface area contributed by atoms with Gasteiger partial charge in [0.05, 0.1) is 12.7 Å². The molecule has 1 aliphatic carbocycles. The summed E-state index contributed by atoms with van der Waals surface area (Å²) in [6, 6.07) is 0.848. The second-order valence-electron chi connectivity index (χ2n) is 5.10. The minimum atomic E-state index is -0.224. The highest BCUT2D eigenvalue weighted by atomic mass is 16.5. The standard InChI is InChI=1S/C12H24N2O2/c1-9(10-3-4-10)14(5-6-16-2)11-7-13-8-12(11)15/h9-13,15H,3-8H2,1-2H3. The molecule has 1 heterocycles. The van der Waals surface area contributed by atoms with Crippen LogP contribution in [0.1, 0.15) is 19.8 Å². The molecular weight excluding hydrogens is 204 g/mol. The van der Waals surface area contributed by atoms with Gasteiger partial charge in [0.1, 0.15) is 0 Å². The van der Waals surface area contributed by atoms with E-state index in [1.54, 1.807) is 7.11 Å². The molecule has 0 aromatic heterocycles. The lowest BCUT2D eigenvalue weighted by atomic mass is 10.1.